The molecule has 1 N–H and O–H groups in total. The molecule has 0 saturated carbocycles. The average Bonchev–Trinajstić information content (AvgIpc) is 2.90. The minimum Gasteiger partial charge on any atom is -0.358 e. The molecule has 0 spiro atoms. The summed E-state index contributed by atoms with van der Waals surface area (Å²) >= 11 is 1.30. The molecular weight excluding hydrogens is 264 g/mol. The van der Waals surface area contributed by atoms with Gasteiger partial charge in [-0.1, -0.05) is 20.8 Å². The molecule has 1 saturated heterocycles. The molecule has 2 heterocycles. The normalized spacial score (nSPS) is 16.3. The minimum atomic E-state index is -0.0838. The van der Waals surface area contributed by atoms with E-state index >= 15 is 0 Å². The fourth-order valence-electron chi connectivity index (χ4n) is 1.75. The lowest BCUT2D eigenvalue weighted by Crippen LogP contribution is -2.33. The number of hydrogen-bond donors (Lipinski definition) is 1. The zero-order chi connectivity index (χ0) is 14.0. The van der Waals surface area contributed by atoms with E-state index in [0.717, 1.165) is 11.0 Å². The van der Waals surface area contributed by atoms with Gasteiger partial charge >= 0.3 is 0 Å². The van der Waals surface area contributed by atoms with E-state index in [0.29, 0.717) is 25.9 Å². The summed E-state index contributed by atoms with van der Waals surface area (Å²) in [4.78, 5) is 28.5. The van der Waals surface area contributed by atoms with Crippen LogP contribution in [0.2, 0.25) is 0 Å². The molecule has 1 aliphatic rings. The number of carbonyl (C=O) groups excluding carboxylic acids is 2. The van der Waals surface area contributed by atoms with Gasteiger partial charge in [-0.15, -0.1) is 0 Å². The zero-order valence-electron chi connectivity index (χ0n) is 11.4. The van der Waals surface area contributed by atoms with Crippen molar-refractivity contribution < 1.29 is 9.59 Å². The van der Waals surface area contributed by atoms with Crippen LogP contribution in [-0.2, 0) is 15.0 Å². The van der Waals surface area contributed by atoms with Crippen molar-refractivity contribution in [2.75, 3.05) is 18.4 Å². The van der Waals surface area contributed by atoms with Crippen LogP contribution in [0.1, 0.15) is 39.4 Å². The third kappa shape index (κ3) is 3.28. The largest absolute Gasteiger partial charge is 0.358 e. The molecular formula is C12H18N4O2S. The van der Waals surface area contributed by atoms with Crippen molar-refractivity contribution in [3.8, 4) is 0 Å². The summed E-state index contributed by atoms with van der Waals surface area (Å²) in [5.41, 5.74) is -0.0721. The van der Waals surface area contributed by atoms with Crippen molar-refractivity contribution in [3.63, 3.8) is 0 Å². The molecule has 0 aromatic carbocycles. The monoisotopic (exact) mass is 282 g/mol. The number of nitrogens with one attached hydrogen (secondary N) is 1. The van der Waals surface area contributed by atoms with E-state index in [2.05, 4.69) is 35.4 Å². The number of aromatic nitrogens is 2. The van der Waals surface area contributed by atoms with Crippen molar-refractivity contribution in [2.24, 2.45) is 0 Å². The summed E-state index contributed by atoms with van der Waals surface area (Å²) in [6.45, 7) is 7.07. The third-order valence-corrected chi connectivity index (χ3v) is 3.54. The van der Waals surface area contributed by atoms with E-state index in [1.165, 1.54) is 16.4 Å². The molecule has 0 bridgehead atoms. The summed E-state index contributed by atoms with van der Waals surface area (Å²) in [5.74, 6) is 0.632. The van der Waals surface area contributed by atoms with Crippen LogP contribution < -0.4 is 5.32 Å². The molecule has 7 heteroatoms. The molecule has 0 aliphatic carbocycles. The smallest absolute Gasteiger partial charge is 0.229 e. The molecule has 19 heavy (non-hydrogen) atoms. The molecule has 0 atom stereocenters. The van der Waals surface area contributed by atoms with Gasteiger partial charge in [0.2, 0.25) is 16.9 Å². The lowest BCUT2D eigenvalue weighted by atomic mass is 9.96. The molecule has 104 valence electrons. The Bertz CT molecular complexity index is 476. The van der Waals surface area contributed by atoms with Gasteiger partial charge in [0.05, 0.1) is 0 Å². The van der Waals surface area contributed by atoms with Gasteiger partial charge in [-0.3, -0.25) is 14.5 Å². The maximum Gasteiger partial charge on any atom is 0.229 e. The van der Waals surface area contributed by atoms with Crippen molar-refractivity contribution in [3.05, 3.63) is 5.82 Å². The molecule has 1 aromatic rings. The summed E-state index contributed by atoms with van der Waals surface area (Å²) in [6.07, 6.45) is 0.678. The first-order chi connectivity index (χ1) is 8.88. The van der Waals surface area contributed by atoms with Crippen LogP contribution in [0.5, 0.6) is 0 Å². The van der Waals surface area contributed by atoms with Gasteiger partial charge in [0.1, 0.15) is 5.82 Å². The first-order valence-corrected chi connectivity index (χ1v) is 7.06. The lowest BCUT2D eigenvalue weighted by Gasteiger charge is -2.14. The van der Waals surface area contributed by atoms with Crippen LogP contribution in [0.3, 0.4) is 0 Å². The van der Waals surface area contributed by atoms with Crippen molar-refractivity contribution in [1.82, 2.24) is 14.3 Å². The van der Waals surface area contributed by atoms with Crippen molar-refractivity contribution in [2.45, 2.75) is 39.0 Å². The number of rotatable bonds is 4. The fraction of sp³-hybridized carbons (Fsp3) is 0.667. The highest BCUT2D eigenvalue weighted by molar-refractivity contribution is 7.09. The zero-order valence-corrected chi connectivity index (χ0v) is 12.2. The molecule has 0 radical (unpaired) electrons. The number of anilines is 1. The van der Waals surface area contributed by atoms with Gasteiger partial charge in [-0.05, 0) is 0 Å². The highest BCUT2D eigenvalue weighted by atomic mass is 32.1. The predicted molar refractivity (Wildman–Crippen MR) is 73.1 cm³/mol. The second-order valence-electron chi connectivity index (χ2n) is 5.54. The number of amides is 2. The van der Waals surface area contributed by atoms with Gasteiger partial charge in [0.25, 0.3) is 0 Å². The van der Waals surface area contributed by atoms with Crippen LogP contribution in [-0.4, -0.2) is 39.2 Å². The molecule has 6 nitrogen and oxygen atoms in total. The lowest BCUT2D eigenvalue weighted by molar-refractivity contribution is -0.138. The van der Waals surface area contributed by atoms with E-state index in [1.807, 2.05) is 0 Å². The van der Waals surface area contributed by atoms with Crippen LogP contribution >= 0.6 is 11.5 Å². The van der Waals surface area contributed by atoms with Gasteiger partial charge in [0, 0.05) is 42.9 Å². The average molecular weight is 282 g/mol. The van der Waals surface area contributed by atoms with Gasteiger partial charge in [0.15, 0.2) is 0 Å². The Balaban J connectivity index is 1.85. The molecule has 2 amide bonds. The fourth-order valence-corrected chi connectivity index (χ4v) is 2.53. The maximum atomic E-state index is 11.4. The number of carbonyl (C=O) groups is 2. The molecule has 2 rings (SSSR count). The van der Waals surface area contributed by atoms with Crippen LogP contribution in [0, 0.1) is 0 Å². The Morgan fingerprint density at radius 1 is 1.26 bits per heavy atom. The predicted octanol–water partition coefficient (Wildman–Crippen LogP) is 1.40. The quantitative estimate of drug-likeness (QED) is 0.845. The first-order valence-electron chi connectivity index (χ1n) is 6.29. The van der Waals surface area contributed by atoms with E-state index in [-0.39, 0.29) is 17.2 Å². The van der Waals surface area contributed by atoms with E-state index in [4.69, 9.17) is 0 Å². The number of likely N-dealkylation sites (tertiary alicyclic amines) is 1. The van der Waals surface area contributed by atoms with Gasteiger partial charge in [-0.25, -0.2) is 4.98 Å². The minimum absolute atomic E-state index is 0.0721. The van der Waals surface area contributed by atoms with Gasteiger partial charge in [-0.2, -0.15) is 4.37 Å². The second kappa shape index (κ2) is 5.24. The van der Waals surface area contributed by atoms with Gasteiger partial charge < -0.3 is 5.32 Å². The first kappa shape index (κ1) is 13.9. The number of nitrogens with zero attached hydrogens (tertiary/aromatic N) is 3. The molecule has 1 aromatic heterocycles. The van der Waals surface area contributed by atoms with E-state index < -0.39 is 0 Å². The highest BCUT2D eigenvalue weighted by Gasteiger charge is 2.28. The topological polar surface area (TPSA) is 75.2 Å². The Hall–Kier alpha value is -1.50. The molecule has 1 fully saturated rings. The second-order valence-corrected chi connectivity index (χ2v) is 6.29. The Kier molecular flexibility index (Phi) is 3.84. The maximum absolute atomic E-state index is 11.4. The van der Waals surface area contributed by atoms with Crippen LogP contribution in [0.25, 0.3) is 0 Å². The van der Waals surface area contributed by atoms with Crippen LogP contribution in [0.4, 0.5) is 5.13 Å². The Morgan fingerprint density at radius 3 is 2.42 bits per heavy atom. The van der Waals surface area contributed by atoms with Crippen molar-refractivity contribution >= 4 is 28.5 Å². The SMILES string of the molecule is CC(C)(C)c1nsc(NCCN2C(=O)CCC2=O)n1. The summed E-state index contributed by atoms with van der Waals surface area (Å²) in [6, 6.07) is 0. The van der Waals surface area contributed by atoms with E-state index in [1.54, 1.807) is 0 Å². The molecule has 1 aliphatic heterocycles. The number of imide groups is 1. The standard InChI is InChI=1S/C12H18N4O2S/c1-12(2,3)10-14-11(19-15-10)13-6-7-16-8(17)4-5-9(16)18/h4-7H2,1-3H3,(H,13,14,15). The highest BCUT2D eigenvalue weighted by Crippen LogP contribution is 2.22. The number of hydrogen-bond acceptors (Lipinski definition) is 6. The third-order valence-electron chi connectivity index (χ3n) is 2.86. The van der Waals surface area contributed by atoms with Crippen LogP contribution in [0.15, 0.2) is 0 Å². The van der Waals surface area contributed by atoms with Crippen molar-refractivity contribution in [1.29, 1.82) is 0 Å². The summed E-state index contributed by atoms with van der Waals surface area (Å²) in [7, 11) is 0. The summed E-state index contributed by atoms with van der Waals surface area (Å²) < 4.78 is 4.29. The summed E-state index contributed by atoms with van der Waals surface area (Å²) in [5, 5.41) is 3.83. The Morgan fingerprint density at radius 2 is 1.89 bits per heavy atom. The Labute approximate surface area is 116 Å². The molecule has 0 unspecified atom stereocenters. The van der Waals surface area contributed by atoms with E-state index in [9.17, 15) is 9.59 Å².